The second-order valence-electron chi connectivity index (χ2n) is 2.37. The molecule has 1 aromatic heterocycles. The van der Waals surface area contributed by atoms with Gasteiger partial charge in [0.15, 0.2) is 0 Å². The molecule has 0 unspecified atom stereocenters. The third-order valence-electron chi connectivity index (χ3n) is 1.15. The quantitative estimate of drug-likeness (QED) is 0.808. The van der Waals surface area contributed by atoms with Crippen molar-refractivity contribution < 1.29 is 5.11 Å². The summed E-state index contributed by atoms with van der Waals surface area (Å²) in [4.78, 5) is 8.00. The molecule has 0 aliphatic heterocycles. The maximum Gasteiger partial charge on any atom is 0.130 e. The van der Waals surface area contributed by atoms with Gasteiger partial charge in [0.25, 0.3) is 0 Å². The molecular formula is C7H9BrN2O. The first-order valence-electron chi connectivity index (χ1n) is 3.33. The van der Waals surface area contributed by atoms with Crippen molar-refractivity contribution in [2.24, 2.45) is 0 Å². The molecule has 0 aliphatic carbocycles. The number of halogens is 1. The molecular weight excluding hydrogens is 208 g/mol. The Morgan fingerprint density at radius 3 is 2.55 bits per heavy atom. The minimum Gasteiger partial charge on any atom is -0.393 e. The van der Waals surface area contributed by atoms with Gasteiger partial charge in [-0.3, -0.25) is 0 Å². The number of aliphatic hydroxyl groups excluding tert-OH is 1. The lowest BCUT2D eigenvalue weighted by atomic mass is 10.3. The predicted octanol–water partition coefficient (Wildman–Crippen LogP) is 1.16. The summed E-state index contributed by atoms with van der Waals surface area (Å²) >= 11 is 3.22. The molecule has 0 bridgehead atoms. The Bertz CT molecular complexity index is 222. The zero-order valence-electron chi connectivity index (χ0n) is 6.16. The van der Waals surface area contributed by atoms with E-state index in [0.717, 1.165) is 4.47 Å². The highest BCUT2D eigenvalue weighted by Gasteiger charge is 2.00. The van der Waals surface area contributed by atoms with Crippen LogP contribution >= 0.6 is 15.9 Å². The fourth-order valence-electron chi connectivity index (χ4n) is 0.709. The summed E-state index contributed by atoms with van der Waals surface area (Å²) in [6.07, 6.45) is 3.47. The van der Waals surface area contributed by atoms with Crippen molar-refractivity contribution in [3.63, 3.8) is 0 Å². The van der Waals surface area contributed by atoms with Crippen LogP contribution in [0.25, 0.3) is 0 Å². The smallest absolute Gasteiger partial charge is 0.130 e. The van der Waals surface area contributed by atoms with E-state index in [9.17, 15) is 0 Å². The third-order valence-corrected chi connectivity index (χ3v) is 1.56. The fourth-order valence-corrected chi connectivity index (χ4v) is 0.913. The lowest BCUT2D eigenvalue weighted by Gasteiger charge is -2.00. The maximum absolute atomic E-state index is 8.98. The highest BCUT2D eigenvalue weighted by Crippen LogP contribution is 2.05. The van der Waals surface area contributed by atoms with Gasteiger partial charge in [0, 0.05) is 18.8 Å². The molecule has 11 heavy (non-hydrogen) atoms. The number of rotatable bonds is 2. The molecule has 3 nitrogen and oxygen atoms in total. The van der Waals surface area contributed by atoms with Gasteiger partial charge in [0.05, 0.1) is 10.6 Å². The fraction of sp³-hybridized carbons (Fsp3) is 0.429. The highest BCUT2D eigenvalue weighted by molar-refractivity contribution is 9.10. The Balaban J connectivity index is 2.66. The van der Waals surface area contributed by atoms with E-state index in [-0.39, 0.29) is 6.10 Å². The Kier molecular flexibility index (Phi) is 2.96. The minimum atomic E-state index is -0.379. The van der Waals surface area contributed by atoms with E-state index >= 15 is 0 Å². The Morgan fingerprint density at radius 2 is 2.09 bits per heavy atom. The zero-order chi connectivity index (χ0) is 8.27. The molecule has 60 valence electrons. The first kappa shape index (κ1) is 8.62. The van der Waals surface area contributed by atoms with Crippen LogP contribution < -0.4 is 0 Å². The summed E-state index contributed by atoms with van der Waals surface area (Å²) in [7, 11) is 0. The molecule has 0 aromatic carbocycles. The number of aliphatic hydroxyl groups is 1. The lowest BCUT2D eigenvalue weighted by molar-refractivity contribution is 0.193. The molecule has 0 spiro atoms. The van der Waals surface area contributed by atoms with E-state index in [1.165, 1.54) is 0 Å². The van der Waals surface area contributed by atoms with Crippen molar-refractivity contribution in [3.8, 4) is 0 Å². The van der Waals surface area contributed by atoms with Gasteiger partial charge in [-0.05, 0) is 22.9 Å². The highest BCUT2D eigenvalue weighted by atomic mass is 79.9. The molecule has 1 N–H and O–H groups in total. The molecule has 1 rings (SSSR count). The Labute approximate surface area is 73.6 Å². The predicted molar refractivity (Wildman–Crippen MR) is 45.1 cm³/mol. The first-order valence-corrected chi connectivity index (χ1v) is 4.12. The van der Waals surface area contributed by atoms with Gasteiger partial charge in [0.2, 0.25) is 0 Å². The maximum atomic E-state index is 8.98. The summed E-state index contributed by atoms with van der Waals surface area (Å²) in [6, 6.07) is 0. The summed E-state index contributed by atoms with van der Waals surface area (Å²) in [6.45, 7) is 1.71. The number of nitrogens with zero attached hydrogens (tertiary/aromatic N) is 2. The van der Waals surface area contributed by atoms with Gasteiger partial charge in [-0.2, -0.15) is 0 Å². The second-order valence-corrected chi connectivity index (χ2v) is 3.29. The van der Waals surface area contributed by atoms with E-state index in [4.69, 9.17) is 5.11 Å². The minimum absolute atomic E-state index is 0.379. The van der Waals surface area contributed by atoms with E-state index in [2.05, 4.69) is 25.9 Å². The molecule has 0 saturated heterocycles. The number of hydrogen-bond donors (Lipinski definition) is 1. The molecule has 0 aliphatic rings. The van der Waals surface area contributed by atoms with E-state index in [0.29, 0.717) is 12.2 Å². The number of aromatic nitrogens is 2. The Morgan fingerprint density at radius 1 is 1.55 bits per heavy atom. The van der Waals surface area contributed by atoms with Crippen LogP contribution in [-0.4, -0.2) is 21.2 Å². The summed E-state index contributed by atoms with van der Waals surface area (Å²) in [5.74, 6) is 0.670. The Hall–Kier alpha value is -0.480. The van der Waals surface area contributed by atoms with E-state index in [1.807, 2.05) is 0 Å². The molecule has 0 amide bonds. The van der Waals surface area contributed by atoms with Crippen molar-refractivity contribution in [2.45, 2.75) is 19.4 Å². The summed E-state index contributed by atoms with van der Waals surface area (Å²) in [5.41, 5.74) is 0. The number of hydrogen-bond acceptors (Lipinski definition) is 3. The van der Waals surface area contributed by atoms with Crippen LogP contribution in [-0.2, 0) is 6.42 Å². The first-order chi connectivity index (χ1) is 5.18. The van der Waals surface area contributed by atoms with Gasteiger partial charge in [0.1, 0.15) is 5.82 Å². The zero-order valence-corrected chi connectivity index (χ0v) is 7.74. The van der Waals surface area contributed by atoms with E-state index < -0.39 is 0 Å². The molecule has 0 saturated carbocycles. The lowest BCUT2D eigenvalue weighted by Crippen LogP contribution is -2.07. The van der Waals surface area contributed by atoms with Crippen LogP contribution in [0.2, 0.25) is 0 Å². The van der Waals surface area contributed by atoms with Crippen molar-refractivity contribution in [3.05, 3.63) is 22.7 Å². The molecule has 1 aromatic rings. The normalized spacial score (nSPS) is 13.0. The largest absolute Gasteiger partial charge is 0.393 e. The van der Waals surface area contributed by atoms with Crippen LogP contribution in [0, 0.1) is 0 Å². The van der Waals surface area contributed by atoms with Crippen molar-refractivity contribution in [2.75, 3.05) is 0 Å². The van der Waals surface area contributed by atoms with Gasteiger partial charge < -0.3 is 5.11 Å². The van der Waals surface area contributed by atoms with Crippen LogP contribution in [0.15, 0.2) is 16.9 Å². The average molecular weight is 217 g/mol. The van der Waals surface area contributed by atoms with Crippen LogP contribution in [0.5, 0.6) is 0 Å². The molecule has 4 heteroatoms. The van der Waals surface area contributed by atoms with Gasteiger partial charge in [-0.15, -0.1) is 0 Å². The summed E-state index contributed by atoms with van der Waals surface area (Å²) < 4.78 is 0.854. The standard InChI is InChI=1S/C7H9BrN2O/c1-5(11)2-7-9-3-6(8)4-10-7/h3-5,11H,2H2,1H3/t5-/m1/s1. The average Bonchev–Trinajstić information content (AvgIpc) is 1.93. The van der Waals surface area contributed by atoms with Gasteiger partial charge in [-0.1, -0.05) is 0 Å². The van der Waals surface area contributed by atoms with Crippen LogP contribution in [0.4, 0.5) is 0 Å². The SMILES string of the molecule is C[C@@H](O)Cc1ncc(Br)cn1. The summed E-state index contributed by atoms with van der Waals surface area (Å²) in [5, 5.41) is 8.98. The van der Waals surface area contributed by atoms with Crippen molar-refractivity contribution >= 4 is 15.9 Å². The van der Waals surface area contributed by atoms with E-state index in [1.54, 1.807) is 19.3 Å². The third kappa shape index (κ3) is 2.95. The molecule has 0 fully saturated rings. The van der Waals surface area contributed by atoms with Gasteiger partial charge in [-0.25, -0.2) is 9.97 Å². The topological polar surface area (TPSA) is 46.0 Å². The van der Waals surface area contributed by atoms with Crippen molar-refractivity contribution in [1.82, 2.24) is 9.97 Å². The van der Waals surface area contributed by atoms with Crippen molar-refractivity contribution in [1.29, 1.82) is 0 Å². The van der Waals surface area contributed by atoms with Gasteiger partial charge >= 0.3 is 0 Å². The molecule has 1 heterocycles. The van der Waals surface area contributed by atoms with Crippen LogP contribution in [0.1, 0.15) is 12.7 Å². The van der Waals surface area contributed by atoms with Crippen LogP contribution in [0.3, 0.4) is 0 Å². The monoisotopic (exact) mass is 216 g/mol. The second kappa shape index (κ2) is 3.78. The molecule has 0 radical (unpaired) electrons. The molecule has 1 atom stereocenters.